The Morgan fingerprint density at radius 3 is 2.79 bits per heavy atom. The number of para-hydroxylation sites is 1. The Hall–Kier alpha value is -1.40. The molecule has 0 aliphatic carbocycles. The van der Waals surface area contributed by atoms with Gasteiger partial charge in [-0.2, -0.15) is 0 Å². The van der Waals surface area contributed by atoms with Crippen LogP contribution in [0.5, 0.6) is 0 Å². The first kappa shape index (κ1) is 12.6. The maximum atomic E-state index is 10.2. The molecule has 5 heteroatoms. The third-order valence-corrected chi connectivity index (χ3v) is 3.59. The lowest BCUT2D eigenvalue weighted by Gasteiger charge is -2.41. The molecule has 2 heterocycles. The minimum atomic E-state index is -0.684. The first-order chi connectivity index (χ1) is 9.22. The molecule has 0 bridgehead atoms. The molecule has 4 N–H and O–H groups in total. The normalized spacial score (nSPS) is 19.3. The average Bonchev–Trinajstić information content (AvgIpc) is 2.81. The van der Waals surface area contributed by atoms with Gasteiger partial charge in [-0.25, -0.2) is 0 Å². The highest BCUT2D eigenvalue weighted by Gasteiger charge is 2.37. The summed E-state index contributed by atoms with van der Waals surface area (Å²) in [5, 5.41) is 14.4. The summed E-state index contributed by atoms with van der Waals surface area (Å²) in [4.78, 5) is 0. The molecule has 1 atom stereocenters. The standard InChI is InChI=1S/C14H18N2O3/c15-7-14(8-18-9-14)16-6-11(17)13-5-10-3-1-2-4-12(10)19-13/h1-5,11,16-17H,6-9,15H2. The Bertz CT molecular complexity index is 524. The van der Waals surface area contributed by atoms with Gasteiger partial charge in [0.25, 0.3) is 0 Å². The van der Waals surface area contributed by atoms with E-state index in [0.29, 0.717) is 32.1 Å². The summed E-state index contributed by atoms with van der Waals surface area (Å²) in [5.41, 5.74) is 6.31. The van der Waals surface area contributed by atoms with Gasteiger partial charge >= 0.3 is 0 Å². The van der Waals surface area contributed by atoms with Gasteiger partial charge in [0.1, 0.15) is 17.4 Å². The molecule has 1 aliphatic rings. The van der Waals surface area contributed by atoms with Crippen molar-refractivity contribution in [2.24, 2.45) is 5.73 Å². The van der Waals surface area contributed by atoms with E-state index in [-0.39, 0.29) is 5.54 Å². The molecule has 1 aliphatic heterocycles. The first-order valence-electron chi connectivity index (χ1n) is 6.42. The second-order valence-corrected chi connectivity index (χ2v) is 5.06. The summed E-state index contributed by atoms with van der Waals surface area (Å²) in [7, 11) is 0. The van der Waals surface area contributed by atoms with Gasteiger partial charge in [0.05, 0.1) is 18.8 Å². The summed E-state index contributed by atoms with van der Waals surface area (Å²) in [6.07, 6.45) is -0.684. The number of nitrogens with one attached hydrogen (secondary N) is 1. The number of furan rings is 1. The Labute approximate surface area is 111 Å². The number of rotatable bonds is 5. The number of β-amino-alcohol motifs (C(OH)–C–C–N with tert-alkyl or cyclic N) is 1. The monoisotopic (exact) mass is 262 g/mol. The predicted molar refractivity (Wildman–Crippen MR) is 71.8 cm³/mol. The number of aliphatic hydroxyl groups excluding tert-OH is 1. The van der Waals surface area contributed by atoms with Crippen LogP contribution in [0.25, 0.3) is 11.0 Å². The van der Waals surface area contributed by atoms with Crippen molar-refractivity contribution in [3.8, 4) is 0 Å². The molecule has 0 saturated carbocycles. The Balaban J connectivity index is 1.68. The lowest BCUT2D eigenvalue weighted by molar-refractivity contribution is -0.0733. The van der Waals surface area contributed by atoms with E-state index in [1.54, 1.807) is 0 Å². The van der Waals surface area contributed by atoms with Crippen LogP contribution in [0.2, 0.25) is 0 Å². The smallest absolute Gasteiger partial charge is 0.135 e. The molecule has 1 saturated heterocycles. The van der Waals surface area contributed by atoms with Gasteiger partial charge in [-0.1, -0.05) is 18.2 Å². The maximum absolute atomic E-state index is 10.2. The number of nitrogens with two attached hydrogens (primary N) is 1. The fraction of sp³-hybridized carbons (Fsp3) is 0.429. The van der Waals surface area contributed by atoms with Crippen molar-refractivity contribution in [3.05, 3.63) is 36.1 Å². The average molecular weight is 262 g/mol. The van der Waals surface area contributed by atoms with Crippen LogP contribution in [0, 0.1) is 0 Å². The van der Waals surface area contributed by atoms with Gasteiger partial charge in [0, 0.05) is 18.5 Å². The van der Waals surface area contributed by atoms with Crippen LogP contribution in [0.4, 0.5) is 0 Å². The molecule has 1 fully saturated rings. The molecule has 1 aromatic heterocycles. The van der Waals surface area contributed by atoms with Gasteiger partial charge in [0.2, 0.25) is 0 Å². The molecule has 1 aromatic carbocycles. The highest BCUT2D eigenvalue weighted by Crippen LogP contribution is 2.24. The molecule has 0 radical (unpaired) electrons. The molecule has 0 amide bonds. The van der Waals surface area contributed by atoms with Crippen LogP contribution in [-0.4, -0.2) is 36.9 Å². The van der Waals surface area contributed by atoms with Crippen LogP contribution in [0.15, 0.2) is 34.7 Å². The number of hydrogen-bond acceptors (Lipinski definition) is 5. The zero-order chi connectivity index (χ0) is 13.3. The lowest BCUT2D eigenvalue weighted by Crippen LogP contribution is -2.65. The van der Waals surface area contributed by atoms with Crippen molar-refractivity contribution in [1.29, 1.82) is 0 Å². The molecule has 2 aromatic rings. The van der Waals surface area contributed by atoms with Crippen molar-refractivity contribution >= 4 is 11.0 Å². The van der Waals surface area contributed by atoms with Crippen molar-refractivity contribution in [2.45, 2.75) is 11.6 Å². The van der Waals surface area contributed by atoms with Crippen molar-refractivity contribution < 1.29 is 14.3 Å². The van der Waals surface area contributed by atoms with Crippen LogP contribution in [0.3, 0.4) is 0 Å². The molecule has 0 spiro atoms. The molecule has 102 valence electrons. The number of ether oxygens (including phenoxy) is 1. The predicted octanol–water partition coefficient (Wildman–Crippen LogP) is 0.783. The summed E-state index contributed by atoms with van der Waals surface area (Å²) in [6.45, 7) is 2.09. The molecule has 19 heavy (non-hydrogen) atoms. The fourth-order valence-corrected chi connectivity index (χ4v) is 2.22. The zero-order valence-electron chi connectivity index (χ0n) is 10.6. The first-order valence-corrected chi connectivity index (χ1v) is 6.42. The molecule has 3 rings (SSSR count). The van der Waals surface area contributed by atoms with Crippen LogP contribution in [-0.2, 0) is 4.74 Å². The Morgan fingerprint density at radius 2 is 2.16 bits per heavy atom. The van der Waals surface area contributed by atoms with E-state index < -0.39 is 6.10 Å². The Morgan fingerprint density at radius 1 is 1.37 bits per heavy atom. The number of aliphatic hydroxyl groups is 1. The Kier molecular flexibility index (Phi) is 3.28. The van der Waals surface area contributed by atoms with Crippen molar-refractivity contribution in [1.82, 2.24) is 5.32 Å². The summed E-state index contributed by atoms with van der Waals surface area (Å²) < 4.78 is 10.8. The minimum Gasteiger partial charge on any atom is -0.458 e. The van der Waals surface area contributed by atoms with Crippen molar-refractivity contribution in [3.63, 3.8) is 0 Å². The highest BCUT2D eigenvalue weighted by molar-refractivity contribution is 5.77. The maximum Gasteiger partial charge on any atom is 0.135 e. The lowest BCUT2D eigenvalue weighted by atomic mass is 9.97. The number of fused-ring (bicyclic) bond motifs is 1. The molecule has 1 unspecified atom stereocenters. The van der Waals surface area contributed by atoms with E-state index >= 15 is 0 Å². The molecular formula is C14H18N2O3. The third-order valence-electron chi connectivity index (χ3n) is 3.59. The van der Waals surface area contributed by atoms with E-state index in [4.69, 9.17) is 14.9 Å². The van der Waals surface area contributed by atoms with E-state index in [0.717, 1.165) is 11.0 Å². The van der Waals surface area contributed by atoms with E-state index in [2.05, 4.69) is 5.32 Å². The zero-order valence-corrected chi connectivity index (χ0v) is 10.6. The third kappa shape index (κ3) is 2.37. The minimum absolute atomic E-state index is 0.188. The summed E-state index contributed by atoms with van der Waals surface area (Å²) >= 11 is 0. The van der Waals surface area contributed by atoms with Crippen LogP contribution < -0.4 is 11.1 Å². The van der Waals surface area contributed by atoms with E-state index in [1.165, 1.54) is 0 Å². The van der Waals surface area contributed by atoms with E-state index in [9.17, 15) is 5.11 Å². The van der Waals surface area contributed by atoms with E-state index in [1.807, 2.05) is 30.3 Å². The van der Waals surface area contributed by atoms with Gasteiger partial charge < -0.3 is 25.3 Å². The molecular weight excluding hydrogens is 244 g/mol. The second-order valence-electron chi connectivity index (χ2n) is 5.06. The fourth-order valence-electron chi connectivity index (χ4n) is 2.22. The second kappa shape index (κ2) is 4.94. The van der Waals surface area contributed by atoms with Crippen LogP contribution in [0.1, 0.15) is 11.9 Å². The SMILES string of the molecule is NCC1(NCC(O)c2cc3ccccc3o2)COC1. The highest BCUT2D eigenvalue weighted by atomic mass is 16.5. The van der Waals surface area contributed by atoms with Gasteiger partial charge in [-0.05, 0) is 12.1 Å². The quantitative estimate of drug-likeness (QED) is 0.742. The van der Waals surface area contributed by atoms with Crippen molar-refractivity contribution in [2.75, 3.05) is 26.3 Å². The topological polar surface area (TPSA) is 80.7 Å². The number of hydrogen-bond donors (Lipinski definition) is 3. The van der Waals surface area contributed by atoms with Gasteiger partial charge in [-0.15, -0.1) is 0 Å². The van der Waals surface area contributed by atoms with Gasteiger partial charge in [0.15, 0.2) is 0 Å². The van der Waals surface area contributed by atoms with Gasteiger partial charge in [-0.3, -0.25) is 0 Å². The number of benzene rings is 1. The summed E-state index contributed by atoms with van der Waals surface area (Å²) in [6, 6.07) is 9.58. The van der Waals surface area contributed by atoms with Crippen LogP contribution >= 0.6 is 0 Å². The summed E-state index contributed by atoms with van der Waals surface area (Å²) in [5.74, 6) is 0.570. The molecule has 5 nitrogen and oxygen atoms in total. The largest absolute Gasteiger partial charge is 0.458 e.